The first-order valence-electron chi connectivity index (χ1n) is 7.93. The van der Waals surface area contributed by atoms with E-state index in [-0.39, 0.29) is 24.7 Å². The van der Waals surface area contributed by atoms with Gasteiger partial charge in [0.25, 0.3) is 0 Å². The number of nitrogens with one attached hydrogen (secondary N) is 1. The van der Waals surface area contributed by atoms with Gasteiger partial charge >= 0.3 is 6.03 Å². The van der Waals surface area contributed by atoms with Gasteiger partial charge in [-0.05, 0) is 36.8 Å². The molecule has 1 N–H and O–H groups in total. The van der Waals surface area contributed by atoms with Gasteiger partial charge in [0, 0.05) is 35.6 Å². The van der Waals surface area contributed by atoms with Crippen molar-refractivity contribution in [2.75, 3.05) is 29.9 Å². The van der Waals surface area contributed by atoms with Crippen molar-refractivity contribution >= 4 is 34.9 Å². The second-order valence-corrected chi connectivity index (χ2v) is 6.32. The molecule has 2 aromatic carbocycles. The Balaban J connectivity index is 1.66. The van der Waals surface area contributed by atoms with E-state index in [1.807, 2.05) is 0 Å². The summed E-state index contributed by atoms with van der Waals surface area (Å²) in [7, 11) is 0. The van der Waals surface area contributed by atoms with Crippen LogP contribution >= 0.6 is 11.6 Å². The molecule has 0 aliphatic carbocycles. The molecule has 136 valence electrons. The number of hydrogen-bond donors (Lipinski definition) is 1. The number of carbonyl (C=O) groups is 2. The zero-order chi connectivity index (χ0) is 18.8. The average Bonchev–Trinajstić information content (AvgIpc) is 2.95. The van der Waals surface area contributed by atoms with Crippen LogP contribution in [0.1, 0.15) is 5.56 Å². The fourth-order valence-electron chi connectivity index (χ4n) is 2.73. The van der Waals surface area contributed by atoms with Crippen molar-refractivity contribution in [3.05, 3.63) is 58.6 Å². The lowest BCUT2D eigenvalue weighted by molar-refractivity contribution is -0.116. The molecule has 3 rings (SSSR count). The van der Waals surface area contributed by atoms with Gasteiger partial charge in [-0.25, -0.2) is 13.6 Å². The van der Waals surface area contributed by atoms with Gasteiger partial charge in [-0.3, -0.25) is 9.69 Å². The number of carbonyl (C=O) groups excluding carboxylic acids is 2. The molecule has 1 saturated heterocycles. The lowest BCUT2D eigenvalue weighted by Crippen LogP contribution is -2.37. The number of urea groups is 1. The molecule has 0 radical (unpaired) electrons. The van der Waals surface area contributed by atoms with E-state index >= 15 is 0 Å². The number of anilines is 2. The Bertz CT molecular complexity index is 876. The molecule has 5 nitrogen and oxygen atoms in total. The molecule has 1 aliphatic heterocycles. The highest BCUT2D eigenvalue weighted by atomic mass is 35.5. The minimum atomic E-state index is -1.03. The third kappa shape index (κ3) is 3.62. The third-order valence-corrected chi connectivity index (χ3v) is 4.60. The van der Waals surface area contributed by atoms with Gasteiger partial charge in [0.2, 0.25) is 5.91 Å². The van der Waals surface area contributed by atoms with Crippen LogP contribution in [-0.4, -0.2) is 36.5 Å². The Morgan fingerprint density at radius 2 is 1.96 bits per heavy atom. The van der Waals surface area contributed by atoms with Crippen molar-refractivity contribution in [1.82, 2.24) is 4.90 Å². The highest BCUT2D eigenvalue weighted by molar-refractivity contribution is 6.31. The van der Waals surface area contributed by atoms with Crippen LogP contribution in [0.2, 0.25) is 5.02 Å². The summed E-state index contributed by atoms with van der Waals surface area (Å²) < 4.78 is 26.4. The Morgan fingerprint density at radius 3 is 2.69 bits per heavy atom. The largest absolute Gasteiger partial charge is 0.325 e. The van der Waals surface area contributed by atoms with Crippen LogP contribution in [-0.2, 0) is 4.79 Å². The predicted molar refractivity (Wildman–Crippen MR) is 95.5 cm³/mol. The van der Waals surface area contributed by atoms with Crippen molar-refractivity contribution in [3.63, 3.8) is 0 Å². The monoisotopic (exact) mass is 379 g/mol. The van der Waals surface area contributed by atoms with Gasteiger partial charge in [-0.2, -0.15) is 0 Å². The van der Waals surface area contributed by atoms with Crippen molar-refractivity contribution in [2.45, 2.75) is 6.92 Å². The number of hydrogen-bond acceptors (Lipinski definition) is 2. The molecule has 1 fully saturated rings. The van der Waals surface area contributed by atoms with Crippen molar-refractivity contribution in [2.24, 2.45) is 0 Å². The van der Waals surface area contributed by atoms with Crippen LogP contribution in [0.5, 0.6) is 0 Å². The molecule has 2 aromatic rings. The number of halogens is 3. The highest BCUT2D eigenvalue weighted by Crippen LogP contribution is 2.24. The normalized spacial score (nSPS) is 14.1. The van der Waals surface area contributed by atoms with E-state index in [0.717, 1.165) is 17.7 Å². The van der Waals surface area contributed by atoms with Crippen molar-refractivity contribution < 1.29 is 18.4 Å². The summed E-state index contributed by atoms with van der Waals surface area (Å²) >= 11 is 6.02. The standard InChI is InChI=1S/C18H16ClF2N3O2/c1-11-13(19)3-2-4-16(11)22-17(25)10-23-7-8-24(18(23)26)12-5-6-14(20)15(21)9-12/h2-6,9H,7-8,10H2,1H3,(H,22,25). The Morgan fingerprint density at radius 1 is 1.19 bits per heavy atom. The van der Waals surface area contributed by atoms with Gasteiger partial charge in [0.15, 0.2) is 11.6 Å². The molecule has 1 aliphatic rings. The first kappa shape index (κ1) is 18.1. The Labute approximate surface area is 154 Å². The zero-order valence-electron chi connectivity index (χ0n) is 13.9. The fraction of sp³-hybridized carbons (Fsp3) is 0.222. The third-order valence-electron chi connectivity index (χ3n) is 4.19. The minimum Gasteiger partial charge on any atom is -0.324 e. The topological polar surface area (TPSA) is 52.7 Å². The molecular weight excluding hydrogens is 364 g/mol. The number of benzene rings is 2. The van der Waals surface area contributed by atoms with Crippen LogP contribution in [0.4, 0.5) is 25.0 Å². The Hall–Kier alpha value is -2.67. The SMILES string of the molecule is Cc1c(Cl)cccc1NC(=O)CN1CCN(c2ccc(F)c(F)c2)C1=O. The molecule has 0 aromatic heterocycles. The van der Waals surface area contributed by atoms with E-state index < -0.39 is 17.7 Å². The quantitative estimate of drug-likeness (QED) is 0.878. The first-order valence-corrected chi connectivity index (χ1v) is 8.31. The summed E-state index contributed by atoms with van der Waals surface area (Å²) in [5.74, 6) is -2.37. The van der Waals surface area contributed by atoms with E-state index in [1.165, 1.54) is 15.9 Å². The van der Waals surface area contributed by atoms with Crippen LogP contribution in [0, 0.1) is 18.6 Å². The summed E-state index contributed by atoms with van der Waals surface area (Å²) in [5.41, 5.74) is 1.56. The second kappa shape index (κ2) is 7.29. The first-order chi connectivity index (χ1) is 12.4. The molecule has 8 heteroatoms. The van der Waals surface area contributed by atoms with E-state index in [4.69, 9.17) is 11.6 Å². The maximum atomic E-state index is 13.4. The number of rotatable bonds is 4. The predicted octanol–water partition coefficient (Wildman–Crippen LogP) is 3.81. The van der Waals surface area contributed by atoms with Gasteiger partial charge in [0.1, 0.15) is 6.54 Å². The van der Waals surface area contributed by atoms with E-state index in [9.17, 15) is 18.4 Å². The molecule has 0 unspecified atom stereocenters. The smallest absolute Gasteiger partial charge is 0.324 e. The lowest BCUT2D eigenvalue weighted by atomic mass is 10.2. The van der Waals surface area contributed by atoms with E-state index in [1.54, 1.807) is 25.1 Å². The van der Waals surface area contributed by atoms with Crippen molar-refractivity contribution in [3.8, 4) is 0 Å². The highest BCUT2D eigenvalue weighted by Gasteiger charge is 2.31. The van der Waals surface area contributed by atoms with Crippen molar-refractivity contribution in [1.29, 1.82) is 0 Å². The molecule has 26 heavy (non-hydrogen) atoms. The van der Waals surface area contributed by atoms with Crippen LogP contribution < -0.4 is 10.2 Å². The van der Waals surface area contributed by atoms with Gasteiger partial charge < -0.3 is 10.2 Å². The summed E-state index contributed by atoms with van der Waals surface area (Å²) in [6.45, 7) is 2.22. The second-order valence-electron chi connectivity index (χ2n) is 5.91. The molecule has 0 saturated carbocycles. The summed E-state index contributed by atoms with van der Waals surface area (Å²) in [6, 6.07) is 7.98. The van der Waals surface area contributed by atoms with Gasteiger partial charge in [0.05, 0.1) is 0 Å². The van der Waals surface area contributed by atoms with Gasteiger partial charge in [-0.15, -0.1) is 0 Å². The molecular formula is C18H16ClF2N3O2. The maximum Gasteiger partial charge on any atom is 0.325 e. The van der Waals surface area contributed by atoms with Gasteiger partial charge in [-0.1, -0.05) is 17.7 Å². The van der Waals surface area contributed by atoms with Crippen LogP contribution in [0.15, 0.2) is 36.4 Å². The van der Waals surface area contributed by atoms with Crippen LogP contribution in [0.25, 0.3) is 0 Å². The Kier molecular flexibility index (Phi) is 5.08. The van der Waals surface area contributed by atoms with E-state index in [0.29, 0.717) is 17.3 Å². The molecule has 0 bridgehead atoms. The summed E-state index contributed by atoms with van der Waals surface area (Å²) in [6.07, 6.45) is 0. The summed E-state index contributed by atoms with van der Waals surface area (Å²) in [4.78, 5) is 27.3. The van der Waals surface area contributed by atoms with Crippen LogP contribution in [0.3, 0.4) is 0 Å². The molecule has 0 atom stereocenters. The maximum absolute atomic E-state index is 13.4. The lowest BCUT2D eigenvalue weighted by Gasteiger charge is -2.19. The number of amides is 3. The number of nitrogens with zero attached hydrogens (tertiary/aromatic N) is 2. The zero-order valence-corrected chi connectivity index (χ0v) is 14.7. The molecule has 1 heterocycles. The minimum absolute atomic E-state index is 0.148. The fourth-order valence-corrected chi connectivity index (χ4v) is 2.90. The van der Waals surface area contributed by atoms with E-state index in [2.05, 4.69) is 5.32 Å². The summed E-state index contributed by atoms with van der Waals surface area (Å²) in [5, 5.41) is 3.26. The molecule has 0 spiro atoms. The average molecular weight is 380 g/mol. The molecule has 3 amide bonds.